The summed E-state index contributed by atoms with van der Waals surface area (Å²) in [6, 6.07) is 2.43. The fourth-order valence-electron chi connectivity index (χ4n) is 2.03. The molecule has 1 rings (SSSR count). The molecular weight excluding hydrogens is 296 g/mol. The second kappa shape index (κ2) is 6.97. The van der Waals surface area contributed by atoms with Crippen molar-refractivity contribution in [3.05, 3.63) is 33.4 Å². The third-order valence-corrected chi connectivity index (χ3v) is 5.28. The second-order valence-corrected chi connectivity index (χ2v) is 6.68. The Bertz CT molecular complexity index is 622. The number of non-ortho nitro benzene ring substituents is 1. The number of hydrogen-bond donors (Lipinski definition) is 1. The molecule has 0 spiro atoms. The molecule has 0 saturated heterocycles. The van der Waals surface area contributed by atoms with Crippen LogP contribution in [0.25, 0.3) is 0 Å². The number of aryl methyl sites for hydroxylation is 1. The fraction of sp³-hybridized carbons (Fsp3) is 0.538. The molecule has 0 aromatic heterocycles. The molecule has 21 heavy (non-hydrogen) atoms. The maximum Gasteiger partial charge on any atom is 0.271 e. The topological polar surface area (TPSA) is 101 Å². The maximum atomic E-state index is 12.7. The number of aliphatic hydroxyl groups excluding tert-OH is 1. The van der Waals surface area contributed by atoms with Gasteiger partial charge in [0.15, 0.2) is 0 Å². The van der Waals surface area contributed by atoms with E-state index in [0.717, 1.165) is 10.4 Å². The van der Waals surface area contributed by atoms with Gasteiger partial charge in [0, 0.05) is 25.2 Å². The Balaban J connectivity index is 3.45. The number of benzene rings is 1. The molecule has 0 saturated carbocycles. The number of rotatable bonds is 7. The standard InChI is InChI=1S/C13H20N2O5S/c1-4-5-14(6-7-16)21(19,20)13-9-12(15(17)18)8-10(2)11(13)3/h8-9,16H,4-7H2,1-3H3. The predicted molar refractivity (Wildman–Crippen MR) is 78.7 cm³/mol. The van der Waals surface area contributed by atoms with Gasteiger partial charge in [-0.25, -0.2) is 8.42 Å². The highest BCUT2D eigenvalue weighted by molar-refractivity contribution is 7.89. The van der Waals surface area contributed by atoms with E-state index in [4.69, 9.17) is 5.11 Å². The van der Waals surface area contributed by atoms with Crippen LogP contribution in [-0.2, 0) is 10.0 Å². The van der Waals surface area contributed by atoms with E-state index in [1.54, 1.807) is 13.8 Å². The van der Waals surface area contributed by atoms with Gasteiger partial charge in [0.05, 0.1) is 16.4 Å². The van der Waals surface area contributed by atoms with Crippen LogP contribution < -0.4 is 0 Å². The van der Waals surface area contributed by atoms with Crippen LogP contribution in [0.4, 0.5) is 5.69 Å². The minimum Gasteiger partial charge on any atom is -0.395 e. The van der Waals surface area contributed by atoms with Gasteiger partial charge in [-0.15, -0.1) is 0 Å². The summed E-state index contributed by atoms with van der Waals surface area (Å²) in [4.78, 5) is 10.2. The van der Waals surface area contributed by atoms with E-state index in [1.807, 2.05) is 6.92 Å². The van der Waals surface area contributed by atoms with Crippen molar-refractivity contribution in [1.82, 2.24) is 4.31 Å². The highest BCUT2D eigenvalue weighted by Gasteiger charge is 2.28. The van der Waals surface area contributed by atoms with Crippen LogP contribution in [0, 0.1) is 24.0 Å². The number of hydrogen-bond acceptors (Lipinski definition) is 5. The largest absolute Gasteiger partial charge is 0.395 e. The van der Waals surface area contributed by atoms with Crippen molar-refractivity contribution in [1.29, 1.82) is 0 Å². The number of aliphatic hydroxyl groups is 1. The lowest BCUT2D eigenvalue weighted by atomic mass is 10.1. The summed E-state index contributed by atoms with van der Waals surface area (Å²) in [6.07, 6.45) is 0.589. The molecule has 0 unspecified atom stereocenters. The summed E-state index contributed by atoms with van der Waals surface area (Å²) in [5.41, 5.74) is 0.778. The van der Waals surface area contributed by atoms with E-state index in [1.165, 1.54) is 6.07 Å². The SMILES string of the molecule is CCCN(CCO)S(=O)(=O)c1cc([N+](=O)[O-])cc(C)c1C. The first-order chi connectivity index (χ1) is 9.75. The van der Waals surface area contributed by atoms with E-state index in [0.29, 0.717) is 17.5 Å². The molecule has 0 amide bonds. The second-order valence-electron chi connectivity index (χ2n) is 4.77. The van der Waals surface area contributed by atoms with Crippen LogP contribution in [0.2, 0.25) is 0 Å². The summed E-state index contributed by atoms with van der Waals surface area (Å²) in [5, 5.41) is 19.9. The first-order valence-corrected chi connectivity index (χ1v) is 8.06. The van der Waals surface area contributed by atoms with Crippen LogP contribution in [0.15, 0.2) is 17.0 Å². The molecule has 0 heterocycles. The lowest BCUT2D eigenvalue weighted by Gasteiger charge is -2.22. The van der Waals surface area contributed by atoms with E-state index in [-0.39, 0.29) is 30.3 Å². The van der Waals surface area contributed by atoms with Gasteiger partial charge in [-0.3, -0.25) is 10.1 Å². The molecule has 0 atom stereocenters. The molecule has 8 heteroatoms. The summed E-state index contributed by atoms with van der Waals surface area (Å²) in [5.74, 6) is 0. The van der Waals surface area contributed by atoms with Crippen molar-refractivity contribution >= 4 is 15.7 Å². The van der Waals surface area contributed by atoms with E-state index >= 15 is 0 Å². The molecule has 0 fully saturated rings. The Hall–Kier alpha value is -1.51. The molecule has 0 aliphatic rings. The zero-order valence-electron chi connectivity index (χ0n) is 12.4. The van der Waals surface area contributed by atoms with Crippen molar-refractivity contribution in [3.63, 3.8) is 0 Å². The normalized spacial score (nSPS) is 11.9. The van der Waals surface area contributed by atoms with Crippen LogP contribution in [0.1, 0.15) is 24.5 Å². The zero-order chi connectivity index (χ0) is 16.2. The Morgan fingerprint density at radius 3 is 2.38 bits per heavy atom. The summed E-state index contributed by atoms with van der Waals surface area (Å²) < 4.78 is 26.5. The number of sulfonamides is 1. The number of nitro groups is 1. The van der Waals surface area contributed by atoms with Gasteiger partial charge in [-0.1, -0.05) is 6.92 Å². The lowest BCUT2D eigenvalue weighted by molar-refractivity contribution is -0.385. The van der Waals surface area contributed by atoms with Gasteiger partial charge >= 0.3 is 0 Å². The summed E-state index contributed by atoms with van der Waals surface area (Å²) in [7, 11) is -3.87. The molecular formula is C13H20N2O5S. The Morgan fingerprint density at radius 1 is 1.29 bits per heavy atom. The number of nitrogens with zero attached hydrogens (tertiary/aromatic N) is 2. The molecule has 0 radical (unpaired) electrons. The van der Waals surface area contributed by atoms with E-state index in [9.17, 15) is 18.5 Å². The average Bonchev–Trinajstić information content (AvgIpc) is 2.40. The third kappa shape index (κ3) is 3.78. The minimum absolute atomic E-state index is 0.0304. The first-order valence-electron chi connectivity index (χ1n) is 6.62. The molecule has 1 aromatic carbocycles. The van der Waals surface area contributed by atoms with Crippen LogP contribution in [-0.4, -0.2) is 42.4 Å². The van der Waals surface area contributed by atoms with Gasteiger partial charge in [0.1, 0.15) is 0 Å². The van der Waals surface area contributed by atoms with Crippen molar-refractivity contribution in [3.8, 4) is 0 Å². The summed E-state index contributed by atoms with van der Waals surface area (Å²) in [6.45, 7) is 5.01. The minimum atomic E-state index is -3.87. The van der Waals surface area contributed by atoms with E-state index in [2.05, 4.69) is 0 Å². The average molecular weight is 316 g/mol. The lowest BCUT2D eigenvalue weighted by Crippen LogP contribution is -2.34. The van der Waals surface area contributed by atoms with Crippen molar-refractivity contribution < 1.29 is 18.4 Å². The van der Waals surface area contributed by atoms with Gasteiger partial charge in [0.25, 0.3) is 5.69 Å². The van der Waals surface area contributed by atoms with Crippen molar-refractivity contribution in [2.75, 3.05) is 19.7 Å². The molecule has 0 aliphatic carbocycles. The third-order valence-electron chi connectivity index (χ3n) is 3.26. The monoisotopic (exact) mass is 316 g/mol. The van der Waals surface area contributed by atoms with E-state index < -0.39 is 14.9 Å². The van der Waals surface area contributed by atoms with Gasteiger partial charge in [0.2, 0.25) is 10.0 Å². The Kier molecular flexibility index (Phi) is 5.82. The smallest absolute Gasteiger partial charge is 0.271 e. The molecule has 0 aliphatic heterocycles. The van der Waals surface area contributed by atoms with Crippen LogP contribution >= 0.6 is 0 Å². The quantitative estimate of drug-likeness (QED) is 0.608. The molecule has 1 aromatic rings. The first kappa shape index (κ1) is 17.5. The zero-order valence-corrected chi connectivity index (χ0v) is 13.2. The fourth-order valence-corrected chi connectivity index (χ4v) is 3.87. The Labute approximate surface area is 124 Å². The van der Waals surface area contributed by atoms with Gasteiger partial charge in [-0.2, -0.15) is 4.31 Å². The van der Waals surface area contributed by atoms with Crippen molar-refractivity contribution in [2.24, 2.45) is 0 Å². The highest BCUT2D eigenvalue weighted by atomic mass is 32.2. The molecule has 0 bridgehead atoms. The molecule has 118 valence electrons. The molecule has 1 N–H and O–H groups in total. The van der Waals surface area contributed by atoms with Gasteiger partial charge in [-0.05, 0) is 31.4 Å². The molecule has 7 nitrogen and oxygen atoms in total. The van der Waals surface area contributed by atoms with Gasteiger partial charge < -0.3 is 5.11 Å². The van der Waals surface area contributed by atoms with Crippen LogP contribution in [0.5, 0.6) is 0 Å². The predicted octanol–water partition coefficient (Wildman–Crippen LogP) is 1.60. The number of nitro benzene ring substituents is 1. The van der Waals surface area contributed by atoms with Crippen molar-refractivity contribution in [2.45, 2.75) is 32.1 Å². The van der Waals surface area contributed by atoms with Crippen LogP contribution in [0.3, 0.4) is 0 Å². The Morgan fingerprint density at radius 2 is 1.90 bits per heavy atom. The highest BCUT2D eigenvalue weighted by Crippen LogP contribution is 2.27. The maximum absolute atomic E-state index is 12.7. The summed E-state index contributed by atoms with van der Waals surface area (Å²) >= 11 is 0.